The molecule has 1 aliphatic rings. The van der Waals surface area contributed by atoms with Crippen LogP contribution in [0.25, 0.3) is 0 Å². The Kier molecular flexibility index (Phi) is 3.94. The van der Waals surface area contributed by atoms with Crippen LogP contribution in [0.3, 0.4) is 0 Å². The fraction of sp³-hybridized carbons (Fsp3) is 0.286. The predicted molar refractivity (Wildman–Crippen MR) is 70.1 cm³/mol. The number of nitrogens with one attached hydrogen (secondary N) is 1. The number of anilines is 1. The van der Waals surface area contributed by atoms with Gasteiger partial charge in [0, 0.05) is 19.5 Å². The molecule has 1 heterocycles. The average Bonchev–Trinajstić information content (AvgIpc) is 2.78. The van der Waals surface area contributed by atoms with Gasteiger partial charge in [-0.2, -0.15) is 0 Å². The van der Waals surface area contributed by atoms with Gasteiger partial charge in [-0.05, 0) is 12.1 Å². The van der Waals surface area contributed by atoms with E-state index in [2.05, 4.69) is 11.9 Å². The summed E-state index contributed by atoms with van der Waals surface area (Å²) in [5, 5.41) is 2.65. The molecule has 1 aliphatic heterocycles. The summed E-state index contributed by atoms with van der Waals surface area (Å²) in [5.74, 6) is -1.33. The third-order valence-corrected chi connectivity index (χ3v) is 3.06. The molecule has 2 amide bonds. The third kappa shape index (κ3) is 2.81. The zero-order valence-corrected chi connectivity index (χ0v) is 10.4. The van der Waals surface area contributed by atoms with Crippen molar-refractivity contribution in [2.24, 2.45) is 5.92 Å². The number of nitrogens with zero attached hydrogens (tertiary/aromatic N) is 1. The molecule has 4 nitrogen and oxygen atoms in total. The molecule has 2 rings (SSSR count). The minimum atomic E-state index is -0.456. The Morgan fingerprint density at radius 3 is 2.95 bits per heavy atom. The molecule has 5 heteroatoms. The lowest BCUT2D eigenvalue weighted by Crippen LogP contribution is -2.33. The molecule has 100 valence electrons. The molecule has 0 aliphatic carbocycles. The van der Waals surface area contributed by atoms with Crippen molar-refractivity contribution in [3.05, 3.63) is 42.7 Å². The second kappa shape index (κ2) is 5.65. The van der Waals surface area contributed by atoms with Crippen LogP contribution in [0.15, 0.2) is 36.9 Å². The zero-order chi connectivity index (χ0) is 13.8. The standard InChI is InChI=1S/C14H15FN2O2/c1-2-7-16-14(19)10-8-13(18)17(9-10)12-6-4-3-5-11(12)15/h2-6,10H,1,7-9H2,(H,16,19). The Bertz CT molecular complexity index is 516. The maximum atomic E-state index is 13.6. The number of hydrogen-bond acceptors (Lipinski definition) is 2. The highest BCUT2D eigenvalue weighted by atomic mass is 19.1. The lowest BCUT2D eigenvalue weighted by Gasteiger charge is -2.17. The Morgan fingerprint density at radius 2 is 2.26 bits per heavy atom. The molecular formula is C14H15FN2O2. The van der Waals surface area contributed by atoms with Gasteiger partial charge >= 0.3 is 0 Å². The Labute approximate surface area is 110 Å². The first-order valence-electron chi connectivity index (χ1n) is 6.07. The van der Waals surface area contributed by atoms with Crippen LogP contribution in [0.1, 0.15) is 6.42 Å². The van der Waals surface area contributed by atoms with Crippen molar-refractivity contribution < 1.29 is 14.0 Å². The van der Waals surface area contributed by atoms with Gasteiger partial charge in [0.25, 0.3) is 0 Å². The summed E-state index contributed by atoms with van der Waals surface area (Å²) in [5.41, 5.74) is 0.228. The van der Waals surface area contributed by atoms with Crippen LogP contribution in [0.2, 0.25) is 0 Å². The predicted octanol–water partition coefficient (Wildman–Crippen LogP) is 1.48. The van der Waals surface area contributed by atoms with E-state index in [0.29, 0.717) is 6.54 Å². The highest BCUT2D eigenvalue weighted by molar-refractivity contribution is 6.00. The summed E-state index contributed by atoms with van der Waals surface area (Å²) in [4.78, 5) is 25.0. The van der Waals surface area contributed by atoms with Gasteiger partial charge in [-0.25, -0.2) is 4.39 Å². The van der Waals surface area contributed by atoms with Crippen LogP contribution in [0.4, 0.5) is 10.1 Å². The largest absolute Gasteiger partial charge is 0.352 e. The van der Waals surface area contributed by atoms with Crippen LogP contribution in [-0.2, 0) is 9.59 Å². The normalized spacial score (nSPS) is 18.5. The molecule has 1 aromatic rings. The van der Waals surface area contributed by atoms with E-state index in [-0.39, 0.29) is 30.5 Å². The van der Waals surface area contributed by atoms with E-state index in [1.54, 1.807) is 18.2 Å². The third-order valence-electron chi connectivity index (χ3n) is 3.06. The molecule has 1 aromatic carbocycles. The van der Waals surface area contributed by atoms with Crippen molar-refractivity contribution in [3.63, 3.8) is 0 Å². The molecule has 0 bridgehead atoms. The number of benzene rings is 1. The lowest BCUT2D eigenvalue weighted by atomic mass is 10.1. The van der Waals surface area contributed by atoms with E-state index < -0.39 is 11.7 Å². The van der Waals surface area contributed by atoms with Crippen LogP contribution in [0, 0.1) is 11.7 Å². The highest BCUT2D eigenvalue weighted by Crippen LogP contribution is 2.27. The summed E-state index contributed by atoms with van der Waals surface area (Å²) in [6.45, 7) is 4.08. The fourth-order valence-corrected chi connectivity index (χ4v) is 2.10. The number of hydrogen-bond donors (Lipinski definition) is 1. The smallest absolute Gasteiger partial charge is 0.227 e. The van der Waals surface area contributed by atoms with Crippen molar-refractivity contribution in [2.45, 2.75) is 6.42 Å². The van der Waals surface area contributed by atoms with Crippen LogP contribution in [-0.4, -0.2) is 24.9 Å². The number of amides is 2. The monoisotopic (exact) mass is 262 g/mol. The highest BCUT2D eigenvalue weighted by Gasteiger charge is 2.35. The SMILES string of the molecule is C=CCNC(=O)C1CC(=O)N(c2ccccc2F)C1. The van der Waals surface area contributed by atoms with Gasteiger partial charge in [0.1, 0.15) is 5.82 Å². The summed E-state index contributed by atoms with van der Waals surface area (Å²) < 4.78 is 13.6. The quantitative estimate of drug-likeness (QED) is 0.836. The van der Waals surface area contributed by atoms with E-state index in [0.717, 1.165) is 0 Å². The number of carbonyl (C=O) groups is 2. The number of para-hydroxylation sites is 1. The molecule has 0 aromatic heterocycles. The molecule has 1 unspecified atom stereocenters. The van der Waals surface area contributed by atoms with Gasteiger partial charge in [0.2, 0.25) is 11.8 Å². The topological polar surface area (TPSA) is 49.4 Å². The van der Waals surface area contributed by atoms with Crippen molar-refractivity contribution >= 4 is 17.5 Å². The Hall–Kier alpha value is -2.17. The summed E-state index contributed by atoms with van der Waals surface area (Å²) in [6.07, 6.45) is 1.68. The first-order chi connectivity index (χ1) is 9.13. The fourth-order valence-electron chi connectivity index (χ4n) is 2.10. The number of halogens is 1. The molecule has 1 atom stereocenters. The van der Waals surface area contributed by atoms with Gasteiger partial charge in [-0.1, -0.05) is 18.2 Å². The molecule has 1 fully saturated rings. The second-order valence-electron chi connectivity index (χ2n) is 4.39. The summed E-state index contributed by atoms with van der Waals surface area (Å²) >= 11 is 0. The molecular weight excluding hydrogens is 247 g/mol. The van der Waals surface area contributed by atoms with Gasteiger partial charge in [-0.3, -0.25) is 9.59 Å². The maximum Gasteiger partial charge on any atom is 0.227 e. The summed E-state index contributed by atoms with van der Waals surface area (Å²) in [6, 6.07) is 6.06. The van der Waals surface area contributed by atoms with Crippen molar-refractivity contribution in [1.29, 1.82) is 0 Å². The first kappa shape index (κ1) is 13.3. The number of rotatable bonds is 4. The van der Waals surface area contributed by atoms with Crippen LogP contribution in [0.5, 0.6) is 0 Å². The van der Waals surface area contributed by atoms with E-state index in [4.69, 9.17) is 0 Å². The van der Waals surface area contributed by atoms with Crippen molar-refractivity contribution in [1.82, 2.24) is 5.32 Å². The molecule has 1 saturated heterocycles. The molecule has 0 radical (unpaired) electrons. The minimum absolute atomic E-state index is 0.108. The van der Waals surface area contributed by atoms with Crippen molar-refractivity contribution in [2.75, 3.05) is 18.0 Å². The molecule has 0 saturated carbocycles. The minimum Gasteiger partial charge on any atom is -0.352 e. The Balaban J connectivity index is 2.10. The second-order valence-corrected chi connectivity index (χ2v) is 4.39. The zero-order valence-electron chi connectivity index (χ0n) is 10.4. The molecule has 1 N–H and O–H groups in total. The van der Waals surface area contributed by atoms with E-state index >= 15 is 0 Å². The van der Waals surface area contributed by atoms with Gasteiger partial charge in [0.15, 0.2) is 0 Å². The van der Waals surface area contributed by atoms with Gasteiger partial charge in [-0.15, -0.1) is 6.58 Å². The van der Waals surface area contributed by atoms with E-state index in [1.165, 1.54) is 17.0 Å². The first-order valence-corrected chi connectivity index (χ1v) is 6.07. The molecule has 19 heavy (non-hydrogen) atoms. The Morgan fingerprint density at radius 1 is 1.53 bits per heavy atom. The lowest BCUT2D eigenvalue weighted by molar-refractivity contribution is -0.126. The van der Waals surface area contributed by atoms with E-state index in [1.807, 2.05) is 0 Å². The van der Waals surface area contributed by atoms with Crippen LogP contribution >= 0.6 is 0 Å². The summed E-state index contributed by atoms with van der Waals surface area (Å²) in [7, 11) is 0. The van der Waals surface area contributed by atoms with Crippen molar-refractivity contribution in [3.8, 4) is 0 Å². The maximum absolute atomic E-state index is 13.6. The van der Waals surface area contributed by atoms with Gasteiger partial charge < -0.3 is 10.2 Å². The number of carbonyl (C=O) groups excluding carboxylic acids is 2. The van der Waals surface area contributed by atoms with E-state index in [9.17, 15) is 14.0 Å². The molecule has 0 spiro atoms. The van der Waals surface area contributed by atoms with Gasteiger partial charge in [0.05, 0.1) is 11.6 Å². The van der Waals surface area contributed by atoms with Crippen LogP contribution < -0.4 is 10.2 Å². The average molecular weight is 262 g/mol.